The molecule has 2 aromatic carbocycles. The Labute approximate surface area is 165 Å². The molecule has 0 spiro atoms. The van der Waals surface area contributed by atoms with Gasteiger partial charge in [0, 0.05) is 10.9 Å². The van der Waals surface area contributed by atoms with E-state index in [2.05, 4.69) is 15.6 Å². The molecule has 28 heavy (non-hydrogen) atoms. The Balaban J connectivity index is 1.41. The monoisotopic (exact) mass is 395 g/mol. The smallest absolute Gasteiger partial charge is 0.266 e. The van der Waals surface area contributed by atoms with Crippen LogP contribution < -0.4 is 20.1 Å². The lowest BCUT2D eigenvalue weighted by Gasteiger charge is -2.25. The van der Waals surface area contributed by atoms with Gasteiger partial charge in [-0.2, -0.15) is 0 Å². The summed E-state index contributed by atoms with van der Waals surface area (Å²) in [6, 6.07) is 14.6. The van der Waals surface area contributed by atoms with Gasteiger partial charge in [0.2, 0.25) is 5.91 Å². The quantitative estimate of drug-likeness (QED) is 0.690. The number of benzene rings is 2. The van der Waals surface area contributed by atoms with Crippen molar-refractivity contribution < 1.29 is 19.1 Å². The highest BCUT2D eigenvalue weighted by Crippen LogP contribution is 2.30. The Morgan fingerprint density at radius 3 is 3.00 bits per heavy atom. The van der Waals surface area contributed by atoms with Crippen molar-refractivity contribution in [1.82, 2.24) is 4.98 Å². The SMILES string of the molecule is COc1cccc(-c2csc(NC(=O)CC3Oc4ccccc4NC3=O)n2)c1. The van der Waals surface area contributed by atoms with Crippen LogP contribution in [0.1, 0.15) is 6.42 Å². The normalized spacial score (nSPS) is 15.2. The zero-order valence-electron chi connectivity index (χ0n) is 15.0. The number of carbonyl (C=O) groups is 2. The third kappa shape index (κ3) is 3.81. The first kappa shape index (κ1) is 18.0. The number of carbonyl (C=O) groups excluding carboxylic acids is 2. The molecule has 0 saturated heterocycles. The van der Waals surface area contributed by atoms with Gasteiger partial charge in [-0.3, -0.25) is 9.59 Å². The van der Waals surface area contributed by atoms with Gasteiger partial charge < -0.3 is 20.1 Å². The van der Waals surface area contributed by atoms with Crippen molar-refractivity contribution in [2.75, 3.05) is 17.7 Å². The minimum atomic E-state index is -0.882. The first-order valence-electron chi connectivity index (χ1n) is 8.59. The van der Waals surface area contributed by atoms with Gasteiger partial charge >= 0.3 is 0 Å². The molecule has 8 heteroatoms. The van der Waals surface area contributed by atoms with Gasteiger partial charge in [-0.1, -0.05) is 24.3 Å². The van der Waals surface area contributed by atoms with Crippen molar-refractivity contribution in [1.29, 1.82) is 0 Å². The second-order valence-corrected chi connectivity index (χ2v) is 6.97. The van der Waals surface area contributed by atoms with E-state index in [1.165, 1.54) is 11.3 Å². The number of ether oxygens (including phenoxy) is 2. The van der Waals surface area contributed by atoms with E-state index < -0.39 is 6.10 Å². The molecule has 7 nitrogen and oxygen atoms in total. The molecule has 1 aromatic heterocycles. The fourth-order valence-corrected chi connectivity index (χ4v) is 3.55. The Hall–Kier alpha value is -3.39. The number of hydrogen-bond acceptors (Lipinski definition) is 6. The van der Waals surface area contributed by atoms with E-state index in [1.807, 2.05) is 35.7 Å². The average molecular weight is 395 g/mol. The number of nitrogens with zero attached hydrogens (tertiary/aromatic N) is 1. The van der Waals surface area contributed by atoms with Gasteiger partial charge in [-0.15, -0.1) is 11.3 Å². The molecule has 1 unspecified atom stereocenters. The maximum Gasteiger partial charge on any atom is 0.266 e. The van der Waals surface area contributed by atoms with Crippen molar-refractivity contribution in [3.8, 4) is 22.8 Å². The number of methoxy groups -OCH3 is 1. The van der Waals surface area contributed by atoms with Crippen LogP contribution in [0, 0.1) is 0 Å². The lowest BCUT2D eigenvalue weighted by molar-refractivity contribution is -0.128. The highest BCUT2D eigenvalue weighted by atomic mass is 32.1. The Bertz CT molecular complexity index is 1030. The number of nitrogens with one attached hydrogen (secondary N) is 2. The van der Waals surface area contributed by atoms with Crippen LogP contribution in [-0.2, 0) is 9.59 Å². The van der Waals surface area contributed by atoms with Crippen molar-refractivity contribution in [2.24, 2.45) is 0 Å². The summed E-state index contributed by atoms with van der Waals surface area (Å²) in [6.07, 6.45) is -0.985. The topological polar surface area (TPSA) is 89.5 Å². The third-order valence-electron chi connectivity index (χ3n) is 4.19. The molecule has 1 atom stereocenters. The van der Waals surface area contributed by atoms with Crippen LogP contribution in [0.5, 0.6) is 11.5 Å². The van der Waals surface area contributed by atoms with E-state index in [0.717, 1.165) is 17.0 Å². The summed E-state index contributed by atoms with van der Waals surface area (Å²) in [5.74, 6) is 0.599. The summed E-state index contributed by atoms with van der Waals surface area (Å²) >= 11 is 1.31. The molecule has 1 aliphatic heterocycles. The van der Waals surface area contributed by atoms with E-state index in [-0.39, 0.29) is 18.2 Å². The zero-order valence-corrected chi connectivity index (χ0v) is 15.8. The van der Waals surface area contributed by atoms with E-state index in [9.17, 15) is 9.59 Å². The standard InChI is InChI=1S/C20H17N3O4S/c1-26-13-6-4-5-12(9-13)15-11-28-20(22-15)23-18(24)10-17-19(25)21-14-7-2-3-8-16(14)27-17/h2-9,11,17H,10H2,1H3,(H,21,25)(H,22,23,24). The largest absolute Gasteiger partial charge is 0.497 e. The Morgan fingerprint density at radius 1 is 1.29 bits per heavy atom. The van der Waals surface area contributed by atoms with Gasteiger partial charge in [0.1, 0.15) is 11.5 Å². The molecule has 0 radical (unpaired) electrons. The molecule has 1 aliphatic rings. The minimum absolute atomic E-state index is 0.103. The van der Waals surface area contributed by atoms with E-state index in [4.69, 9.17) is 9.47 Å². The number of amides is 2. The number of para-hydroxylation sites is 2. The Kier molecular flexibility index (Phi) is 4.94. The summed E-state index contributed by atoms with van der Waals surface area (Å²) < 4.78 is 10.9. The second-order valence-electron chi connectivity index (χ2n) is 6.11. The summed E-state index contributed by atoms with van der Waals surface area (Å²) in [5, 5.41) is 7.79. The van der Waals surface area contributed by atoms with E-state index >= 15 is 0 Å². The molecule has 2 N–H and O–H groups in total. The van der Waals surface area contributed by atoms with Crippen LogP contribution >= 0.6 is 11.3 Å². The summed E-state index contributed by atoms with van der Waals surface area (Å²) in [5.41, 5.74) is 2.23. The molecule has 4 rings (SSSR count). The number of hydrogen-bond donors (Lipinski definition) is 2. The van der Waals surface area contributed by atoms with Crippen LogP contribution in [-0.4, -0.2) is 30.0 Å². The fraction of sp³-hybridized carbons (Fsp3) is 0.150. The molecule has 0 saturated carbocycles. The molecular weight excluding hydrogens is 378 g/mol. The Morgan fingerprint density at radius 2 is 2.14 bits per heavy atom. The highest BCUT2D eigenvalue weighted by molar-refractivity contribution is 7.14. The molecule has 0 aliphatic carbocycles. The minimum Gasteiger partial charge on any atom is -0.497 e. The lowest BCUT2D eigenvalue weighted by Crippen LogP contribution is -2.39. The average Bonchev–Trinajstić information content (AvgIpc) is 3.17. The molecule has 142 valence electrons. The summed E-state index contributed by atoms with van der Waals surface area (Å²) in [4.78, 5) is 28.9. The van der Waals surface area contributed by atoms with Crippen molar-refractivity contribution in [2.45, 2.75) is 12.5 Å². The van der Waals surface area contributed by atoms with Crippen LogP contribution in [0.15, 0.2) is 53.9 Å². The van der Waals surface area contributed by atoms with Gasteiger partial charge in [0.05, 0.1) is 24.9 Å². The first-order valence-corrected chi connectivity index (χ1v) is 9.47. The number of thiazole rings is 1. The molecule has 0 bridgehead atoms. The number of anilines is 2. The summed E-state index contributed by atoms with van der Waals surface area (Å²) in [6.45, 7) is 0. The van der Waals surface area contributed by atoms with Crippen molar-refractivity contribution in [3.63, 3.8) is 0 Å². The predicted molar refractivity (Wildman–Crippen MR) is 107 cm³/mol. The lowest BCUT2D eigenvalue weighted by atomic mass is 10.1. The van der Waals surface area contributed by atoms with Gasteiger partial charge in [0.25, 0.3) is 5.91 Å². The van der Waals surface area contributed by atoms with Crippen molar-refractivity contribution in [3.05, 3.63) is 53.9 Å². The maximum atomic E-state index is 12.4. The molecule has 3 aromatic rings. The van der Waals surface area contributed by atoms with Crippen molar-refractivity contribution >= 4 is 34.0 Å². The second kappa shape index (κ2) is 7.69. The van der Waals surface area contributed by atoms with Crippen LogP contribution in [0.25, 0.3) is 11.3 Å². The molecular formula is C20H17N3O4S. The molecule has 2 amide bonds. The van der Waals surface area contributed by atoms with Crippen LogP contribution in [0.4, 0.5) is 10.8 Å². The van der Waals surface area contributed by atoms with Gasteiger partial charge in [-0.25, -0.2) is 4.98 Å². The predicted octanol–water partition coefficient (Wildman–Crippen LogP) is 3.55. The van der Waals surface area contributed by atoms with Gasteiger partial charge in [0.15, 0.2) is 11.2 Å². The first-order chi connectivity index (χ1) is 13.6. The summed E-state index contributed by atoms with van der Waals surface area (Å²) in [7, 11) is 1.60. The highest BCUT2D eigenvalue weighted by Gasteiger charge is 2.29. The van der Waals surface area contributed by atoms with E-state index in [0.29, 0.717) is 16.6 Å². The maximum absolute atomic E-state index is 12.4. The zero-order chi connectivity index (χ0) is 19.5. The number of aromatic nitrogens is 1. The van der Waals surface area contributed by atoms with Gasteiger partial charge in [-0.05, 0) is 24.3 Å². The van der Waals surface area contributed by atoms with E-state index in [1.54, 1.807) is 25.3 Å². The van der Waals surface area contributed by atoms with Crippen LogP contribution in [0.3, 0.4) is 0 Å². The number of fused-ring (bicyclic) bond motifs is 1. The molecule has 2 heterocycles. The number of rotatable bonds is 5. The molecule has 0 fully saturated rings. The van der Waals surface area contributed by atoms with Crippen LogP contribution in [0.2, 0.25) is 0 Å². The third-order valence-corrected chi connectivity index (χ3v) is 4.95. The fourth-order valence-electron chi connectivity index (χ4n) is 2.81.